The molecule has 0 spiro atoms. The van der Waals surface area contributed by atoms with E-state index in [-0.39, 0.29) is 29.4 Å². The van der Waals surface area contributed by atoms with Crippen LogP contribution < -0.4 is 4.90 Å². The van der Waals surface area contributed by atoms with Crippen molar-refractivity contribution in [1.29, 1.82) is 0 Å². The van der Waals surface area contributed by atoms with Gasteiger partial charge in [-0.05, 0) is 12.1 Å². The summed E-state index contributed by atoms with van der Waals surface area (Å²) in [7, 11) is 0. The summed E-state index contributed by atoms with van der Waals surface area (Å²) in [6.45, 7) is 0. The topological polar surface area (TPSA) is 54.5 Å². The molecule has 2 aliphatic carbocycles. The summed E-state index contributed by atoms with van der Waals surface area (Å²) in [4.78, 5) is 38.1. The third kappa shape index (κ3) is 1.16. The molecule has 2 amide bonds. The lowest BCUT2D eigenvalue weighted by Crippen LogP contribution is -2.34. The Morgan fingerprint density at radius 3 is 1.84 bits per heavy atom. The summed E-state index contributed by atoms with van der Waals surface area (Å²) in [5.74, 6) is -2.16. The molecule has 1 aromatic rings. The van der Waals surface area contributed by atoms with Crippen LogP contribution in [-0.2, 0) is 14.4 Å². The molecule has 0 aromatic heterocycles. The molecule has 2 bridgehead atoms. The number of amides is 2. The number of ketones is 1. The Kier molecular flexibility index (Phi) is 1.91. The number of benzene rings is 1. The maximum Gasteiger partial charge on any atom is 0.238 e. The van der Waals surface area contributed by atoms with Gasteiger partial charge < -0.3 is 0 Å². The number of hydrogen-bond donors (Lipinski definition) is 0. The lowest BCUT2D eigenvalue weighted by atomic mass is 9.85. The molecule has 19 heavy (non-hydrogen) atoms. The second kappa shape index (κ2) is 3.41. The summed E-state index contributed by atoms with van der Waals surface area (Å²) in [5, 5.41) is 0. The quantitative estimate of drug-likeness (QED) is 0.558. The van der Waals surface area contributed by atoms with Crippen LogP contribution in [0.15, 0.2) is 42.5 Å². The smallest absolute Gasteiger partial charge is 0.238 e. The molecule has 1 saturated carbocycles. The number of carbonyl (C=O) groups excluding carboxylic acids is 3. The van der Waals surface area contributed by atoms with Crippen molar-refractivity contribution in [3.05, 3.63) is 42.5 Å². The lowest BCUT2D eigenvalue weighted by molar-refractivity contribution is -0.128. The fourth-order valence-electron chi connectivity index (χ4n) is 3.54. The Morgan fingerprint density at radius 1 is 0.789 bits per heavy atom. The zero-order chi connectivity index (χ0) is 13.1. The number of para-hydroxylation sites is 1. The first-order valence-electron chi connectivity index (χ1n) is 6.35. The summed E-state index contributed by atoms with van der Waals surface area (Å²) in [6, 6.07) is 8.91. The summed E-state index contributed by atoms with van der Waals surface area (Å²) >= 11 is 0. The molecule has 3 aliphatic rings. The number of hydrogen-bond acceptors (Lipinski definition) is 3. The van der Waals surface area contributed by atoms with Gasteiger partial charge in [0.25, 0.3) is 0 Å². The molecule has 4 heteroatoms. The first kappa shape index (κ1) is 10.7. The average molecular weight is 253 g/mol. The molecule has 1 aliphatic heterocycles. The zero-order valence-corrected chi connectivity index (χ0v) is 10.0. The van der Waals surface area contributed by atoms with Crippen LogP contribution in [0.5, 0.6) is 0 Å². The second-order valence-corrected chi connectivity index (χ2v) is 5.24. The molecular formula is C15H11NO3. The van der Waals surface area contributed by atoms with E-state index in [2.05, 4.69) is 0 Å². The largest absolute Gasteiger partial charge is 0.298 e. The predicted molar refractivity (Wildman–Crippen MR) is 67.0 cm³/mol. The van der Waals surface area contributed by atoms with E-state index in [9.17, 15) is 14.4 Å². The third-order valence-corrected chi connectivity index (χ3v) is 4.37. The molecule has 4 rings (SSSR count). The third-order valence-electron chi connectivity index (χ3n) is 4.37. The van der Waals surface area contributed by atoms with E-state index in [0.717, 1.165) is 0 Å². The standard InChI is InChI=1S/C15H11NO3/c17-13-9-6-7-10(13)12-11(9)14(18)16(15(12)19)8-4-2-1-3-5-8/h1-7,9-12H. The Bertz CT molecular complexity index is 600. The minimum absolute atomic E-state index is 0.0319. The molecule has 4 nitrogen and oxygen atoms in total. The van der Waals surface area contributed by atoms with Crippen LogP contribution in [0.25, 0.3) is 0 Å². The van der Waals surface area contributed by atoms with Crippen molar-refractivity contribution in [2.45, 2.75) is 0 Å². The Morgan fingerprint density at radius 2 is 1.32 bits per heavy atom. The lowest BCUT2D eigenvalue weighted by Gasteiger charge is -2.16. The number of allylic oxidation sites excluding steroid dienone is 2. The van der Waals surface area contributed by atoms with E-state index >= 15 is 0 Å². The van der Waals surface area contributed by atoms with Gasteiger partial charge in [0, 0.05) is 11.8 Å². The van der Waals surface area contributed by atoms with Crippen LogP contribution in [0.4, 0.5) is 5.69 Å². The van der Waals surface area contributed by atoms with Gasteiger partial charge in [-0.2, -0.15) is 0 Å². The van der Waals surface area contributed by atoms with E-state index in [1.807, 2.05) is 6.07 Å². The van der Waals surface area contributed by atoms with Crippen molar-refractivity contribution in [1.82, 2.24) is 0 Å². The first-order valence-corrected chi connectivity index (χ1v) is 6.35. The van der Waals surface area contributed by atoms with Crippen molar-refractivity contribution in [2.75, 3.05) is 4.90 Å². The minimum atomic E-state index is -0.477. The van der Waals surface area contributed by atoms with Crippen LogP contribution in [0, 0.1) is 23.7 Å². The van der Waals surface area contributed by atoms with Crippen LogP contribution in [0.3, 0.4) is 0 Å². The number of nitrogens with zero attached hydrogens (tertiary/aromatic N) is 1. The van der Waals surface area contributed by atoms with Gasteiger partial charge in [-0.25, -0.2) is 4.90 Å². The molecule has 1 saturated heterocycles. The fourth-order valence-corrected chi connectivity index (χ4v) is 3.54. The monoisotopic (exact) mass is 253 g/mol. The Balaban J connectivity index is 1.79. The van der Waals surface area contributed by atoms with Gasteiger partial charge in [-0.15, -0.1) is 0 Å². The maximum absolute atomic E-state index is 12.5. The number of carbonyl (C=O) groups is 3. The molecule has 2 fully saturated rings. The van der Waals surface area contributed by atoms with E-state index < -0.39 is 11.8 Å². The Hall–Kier alpha value is -2.23. The van der Waals surface area contributed by atoms with Crippen LogP contribution >= 0.6 is 0 Å². The van der Waals surface area contributed by atoms with Gasteiger partial charge in [0.1, 0.15) is 5.78 Å². The van der Waals surface area contributed by atoms with E-state index in [4.69, 9.17) is 0 Å². The molecule has 94 valence electrons. The van der Waals surface area contributed by atoms with Crippen molar-refractivity contribution in [3.8, 4) is 0 Å². The minimum Gasteiger partial charge on any atom is -0.298 e. The molecular weight excluding hydrogens is 242 g/mol. The number of rotatable bonds is 1. The number of imide groups is 1. The number of Topliss-reactive ketones (excluding diaryl/α,β-unsaturated/α-hetero) is 1. The van der Waals surface area contributed by atoms with E-state index in [0.29, 0.717) is 5.69 Å². The second-order valence-electron chi connectivity index (χ2n) is 5.24. The van der Waals surface area contributed by atoms with Crippen molar-refractivity contribution >= 4 is 23.3 Å². The molecule has 0 N–H and O–H groups in total. The van der Waals surface area contributed by atoms with Crippen molar-refractivity contribution < 1.29 is 14.4 Å². The van der Waals surface area contributed by atoms with Gasteiger partial charge in [-0.1, -0.05) is 30.4 Å². The first-order chi connectivity index (χ1) is 9.20. The number of anilines is 1. The Labute approximate surface area is 109 Å². The fraction of sp³-hybridized carbons (Fsp3) is 0.267. The van der Waals surface area contributed by atoms with Crippen molar-refractivity contribution in [3.63, 3.8) is 0 Å². The van der Waals surface area contributed by atoms with Gasteiger partial charge in [0.2, 0.25) is 11.8 Å². The summed E-state index contributed by atoms with van der Waals surface area (Å²) in [5.41, 5.74) is 0.596. The summed E-state index contributed by atoms with van der Waals surface area (Å²) in [6.07, 6.45) is 3.57. The summed E-state index contributed by atoms with van der Waals surface area (Å²) < 4.78 is 0. The van der Waals surface area contributed by atoms with Crippen LogP contribution in [0.2, 0.25) is 0 Å². The zero-order valence-electron chi connectivity index (χ0n) is 10.0. The predicted octanol–water partition coefficient (Wildman–Crippen LogP) is 1.18. The highest BCUT2D eigenvalue weighted by Gasteiger charge is 2.63. The maximum atomic E-state index is 12.5. The van der Waals surface area contributed by atoms with Gasteiger partial charge in [0.15, 0.2) is 0 Å². The normalized spacial score (nSPS) is 35.4. The van der Waals surface area contributed by atoms with E-state index in [1.54, 1.807) is 36.4 Å². The average Bonchev–Trinajstić information content (AvgIpc) is 3.01. The molecule has 4 atom stereocenters. The van der Waals surface area contributed by atoms with Crippen molar-refractivity contribution in [2.24, 2.45) is 23.7 Å². The highest BCUT2D eigenvalue weighted by Crippen LogP contribution is 2.51. The van der Waals surface area contributed by atoms with Gasteiger partial charge >= 0.3 is 0 Å². The molecule has 0 radical (unpaired) electrons. The van der Waals surface area contributed by atoms with Gasteiger partial charge in [-0.3, -0.25) is 14.4 Å². The highest BCUT2D eigenvalue weighted by atomic mass is 16.2. The highest BCUT2D eigenvalue weighted by molar-refractivity contribution is 6.26. The SMILES string of the molecule is O=C1C2C=CC1C1C(=O)N(c3ccccc3)C(=O)C21. The van der Waals surface area contributed by atoms with E-state index in [1.165, 1.54) is 4.90 Å². The van der Waals surface area contributed by atoms with Crippen LogP contribution in [0.1, 0.15) is 0 Å². The molecule has 4 unspecified atom stereocenters. The number of fused-ring (bicyclic) bond motifs is 5. The van der Waals surface area contributed by atoms with Crippen LogP contribution in [-0.4, -0.2) is 17.6 Å². The molecule has 1 aromatic carbocycles. The van der Waals surface area contributed by atoms with Gasteiger partial charge in [0.05, 0.1) is 17.5 Å². The molecule has 1 heterocycles.